The summed E-state index contributed by atoms with van der Waals surface area (Å²) in [6.45, 7) is 1.75. The van der Waals surface area contributed by atoms with Gasteiger partial charge in [-0.2, -0.15) is 4.68 Å². The summed E-state index contributed by atoms with van der Waals surface area (Å²) in [4.78, 5) is 13.2. The molecule has 142 valence electrons. The molecule has 1 aliphatic rings. The quantitative estimate of drug-likeness (QED) is 0.723. The fourth-order valence-corrected chi connectivity index (χ4v) is 3.23. The third-order valence-corrected chi connectivity index (χ3v) is 4.48. The van der Waals surface area contributed by atoms with Crippen molar-refractivity contribution in [3.8, 4) is 5.75 Å². The highest BCUT2D eigenvalue weighted by atomic mass is 19.1. The minimum atomic E-state index is -0.684. The van der Waals surface area contributed by atoms with Crippen molar-refractivity contribution in [3.05, 3.63) is 71.2 Å². The Morgan fingerprint density at radius 3 is 2.86 bits per heavy atom. The molecule has 9 heteroatoms. The summed E-state index contributed by atoms with van der Waals surface area (Å²) in [5, 5.41) is 17.5. The van der Waals surface area contributed by atoms with Gasteiger partial charge >= 0.3 is 0 Å². The van der Waals surface area contributed by atoms with Gasteiger partial charge in [0.05, 0.1) is 18.4 Å². The van der Waals surface area contributed by atoms with Gasteiger partial charge in [-0.1, -0.05) is 29.4 Å². The van der Waals surface area contributed by atoms with Crippen molar-refractivity contribution in [2.45, 2.75) is 13.0 Å². The van der Waals surface area contributed by atoms with Crippen molar-refractivity contribution in [2.75, 3.05) is 17.7 Å². The van der Waals surface area contributed by atoms with Crippen LogP contribution in [0.2, 0.25) is 0 Å². The van der Waals surface area contributed by atoms with Crippen LogP contribution in [0, 0.1) is 5.82 Å². The lowest BCUT2D eigenvalue weighted by atomic mass is 9.95. The number of para-hydroxylation sites is 2. The van der Waals surface area contributed by atoms with Gasteiger partial charge in [-0.3, -0.25) is 4.79 Å². The minimum absolute atomic E-state index is 0.370. The number of fused-ring (bicyclic) bond motifs is 1. The lowest BCUT2D eigenvalue weighted by molar-refractivity contribution is -0.113. The lowest BCUT2D eigenvalue weighted by Gasteiger charge is -2.28. The average Bonchev–Trinajstić information content (AvgIpc) is 3.15. The number of nitrogens with zero attached hydrogens (tertiary/aromatic N) is 4. The Morgan fingerprint density at radius 1 is 1.25 bits per heavy atom. The fourth-order valence-electron chi connectivity index (χ4n) is 3.23. The molecule has 1 aliphatic heterocycles. The summed E-state index contributed by atoms with van der Waals surface area (Å²) < 4.78 is 20.6. The smallest absolute Gasteiger partial charge is 0.255 e. The van der Waals surface area contributed by atoms with Crippen LogP contribution in [0.1, 0.15) is 18.5 Å². The van der Waals surface area contributed by atoms with E-state index in [1.807, 2.05) is 6.07 Å². The highest BCUT2D eigenvalue weighted by Gasteiger charge is 2.34. The molecule has 4 rings (SSSR count). The van der Waals surface area contributed by atoms with Crippen LogP contribution >= 0.6 is 0 Å². The molecule has 0 bridgehead atoms. The van der Waals surface area contributed by atoms with Gasteiger partial charge in [0.15, 0.2) is 0 Å². The van der Waals surface area contributed by atoms with E-state index >= 15 is 0 Å². The van der Waals surface area contributed by atoms with Crippen LogP contribution in [0.25, 0.3) is 0 Å². The van der Waals surface area contributed by atoms with E-state index in [9.17, 15) is 9.18 Å². The van der Waals surface area contributed by atoms with Crippen LogP contribution < -0.4 is 15.4 Å². The molecule has 0 saturated heterocycles. The molecule has 28 heavy (non-hydrogen) atoms. The lowest BCUT2D eigenvalue weighted by Crippen LogP contribution is -2.31. The Balaban J connectivity index is 1.77. The van der Waals surface area contributed by atoms with Crippen LogP contribution in [0.5, 0.6) is 5.75 Å². The number of nitrogens with one attached hydrogen (secondary N) is 2. The van der Waals surface area contributed by atoms with Crippen molar-refractivity contribution in [2.24, 2.45) is 0 Å². The van der Waals surface area contributed by atoms with Gasteiger partial charge in [0, 0.05) is 5.70 Å². The van der Waals surface area contributed by atoms with Crippen molar-refractivity contribution in [1.29, 1.82) is 0 Å². The Hall–Kier alpha value is -3.75. The maximum absolute atomic E-state index is 13.9. The number of rotatable bonds is 4. The van der Waals surface area contributed by atoms with Gasteiger partial charge in [0.25, 0.3) is 5.91 Å². The van der Waals surface area contributed by atoms with Crippen molar-refractivity contribution in [3.63, 3.8) is 0 Å². The summed E-state index contributed by atoms with van der Waals surface area (Å²) in [6.07, 6.45) is 0. The molecule has 0 aliphatic carbocycles. The number of methoxy groups -OCH3 is 1. The van der Waals surface area contributed by atoms with Gasteiger partial charge in [0.1, 0.15) is 17.6 Å². The minimum Gasteiger partial charge on any atom is -0.495 e. The average molecular weight is 380 g/mol. The molecule has 0 radical (unpaired) electrons. The van der Waals surface area contributed by atoms with E-state index in [2.05, 4.69) is 26.2 Å². The zero-order valence-electron chi connectivity index (χ0n) is 15.2. The van der Waals surface area contributed by atoms with Gasteiger partial charge in [-0.15, -0.1) is 0 Å². The number of ether oxygens (including phenoxy) is 1. The van der Waals surface area contributed by atoms with E-state index in [4.69, 9.17) is 4.74 Å². The molecule has 3 aromatic rings. The maximum atomic E-state index is 13.9. The summed E-state index contributed by atoms with van der Waals surface area (Å²) in [6, 6.07) is 12.4. The molecule has 1 amide bonds. The zero-order valence-corrected chi connectivity index (χ0v) is 15.2. The number of benzene rings is 2. The van der Waals surface area contributed by atoms with Crippen LogP contribution in [0.15, 0.2) is 59.8 Å². The van der Waals surface area contributed by atoms with Crippen molar-refractivity contribution < 1.29 is 13.9 Å². The van der Waals surface area contributed by atoms with Crippen LogP contribution in [0.4, 0.5) is 16.0 Å². The SMILES string of the molecule is COc1ccccc1NC(=O)C1=C(C)Nc2nnnn2C1c1cccc(F)c1. The molecular weight excluding hydrogens is 363 g/mol. The topological polar surface area (TPSA) is 94.0 Å². The Kier molecular flexibility index (Phi) is 4.48. The second-order valence-electron chi connectivity index (χ2n) is 6.22. The highest BCUT2D eigenvalue weighted by molar-refractivity contribution is 6.06. The van der Waals surface area contributed by atoms with Crippen molar-refractivity contribution in [1.82, 2.24) is 20.2 Å². The molecule has 0 fully saturated rings. The fraction of sp³-hybridized carbons (Fsp3) is 0.158. The van der Waals surface area contributed by atoms with Crippen molar-refractivity contribution >= 4 is 17.5 Å². The number of aromatic nitrogens is 4. The summed E-state index contributed by atoms with van der Waals surface area (Å²) in [7, 11) is 1.53. The number of amides is 1. The first-order chi connectivity index (χ1) is 13.6. The number of allylic oxidation sites excluding steroid dienone is 1. The van der Waals surface area contributed by atoms with Gasteiger partial charge < -0.3 is 15.4 Å². The normalized spacial score (nSPS) is 15.6. The zero-order chi connectivity index (χ0) is 19.7. The molecular formula is C19H17FN6O2. The number of tetrazole rings is 1. The predicted octanol–water partition coefficient (Wildman–Crippen LogP) is 2.75. The highest BCUT2D eigenvalue weighted by Crippen LogP contribution is 2.35. The number of halogens is 1. The number of carbonyl (C=O) groups is 1. The third kappa shape index (κ3) is 3.07. The number of hydrogen-bond acceptors (Lipinski definition) is 6. The molecule has 1 unspecified atom stereocenters. The summed E-state index contributed by atoms with van der Waals surface area (Å²) in [5.41, 5.74) is 2.02. The predicted molar refractivity (Wildman–Crippen MR) is 100 cm³/mol. The first-order valence-corrected chi connectivity index (χ1v) is 8.54. The Labute approximate surface area is 160 Å². The number of hydrogen-bond donors (Lipinski definition) is 2. The molecule has 2 heterocycles. The summed E-state index contributed by atoms with van der Waals surface area (Å²) >= 11 is 0. The van der Waals surface area contributed by atoms with Gasteiger partial charge in [-0.05, 0) is 47.2 Å². The van der Waals surface area contributed by atoms with Crippen LogP contribution in [-0.4, -0.2) is 33.2 Å². The van der Waals surface area contributed by atoms with E-state index in [0.29, 0.717) is 34.2 Å². The Bertz CT molecular complexity index is 1080. The monoisotopic (exact) mass is 380 g/mol. The number of carbonyl (C=O) groups excluding carboxylic acids is 1. The molecule has 1 aromatic heterocycles. The maximum Gasteiger partial charge on any atom is 0.255 e. The van der Waals surface area contributed by atoms with Gasteiger partial charge in [-0.25, -0.2) is 4.39 Å². The van der Waals surface area contributed by atoms with E-state index in [-0.39, 0.29) is 5.91 Å². The summed E-state index contributed by atoms with van der Waals surface area (Å²) in [5.74, 6) is 0.126. The van der Waals surface area contributed by atoms with Crippen LogP contribution in [-0.2, 0) is 4.79 Å². The van der Waals surface area contributed by atoms with E-state index in [1.165, 1.54) is 23.9 Å². The van der Waals surface area contributed by atoms with Crippen LogP contribution in [0.3, 0.4) is 0 Å². The molecule has 8 nitrogen and oxygen atoms in total. The first kappa shape index (κ1) is 17.7. The van der Waals surface area contributed by atoms with Gasteiger partial charge in [0.2, 0.25) is 5.95 Å². The Morgan fingerprint density at radius 2 is 2.07 bits per heavy atom. The van der Waals surface area contributed by atoms with E-state index < -0.39 is 11.9 Å². The molecule has 1 atom stereocenters. The van der Waals surface area contributed by atoms with E-state index in [0.717, 1.165) is 0 Å². The molecule has 2 aromatic carbocycles. The largest absolute Gasteiger partial charge is 0.495 e. The van der Waals surface area contributed by atoms with E-state index in [1.54, 1.807) is 37.3 Å². The standard InChI is InChI=1S/C19H17FN6O2/c1-11-16(18(27)22-14-8-3-4-9-15(14)28-2)17(12-6-5-7-13(20)10-12)26-19(21-11)23-24-25-26/h3-10,17H,1-2H3,(H,22,27)(H,21,23,25). The second kappa shape index (κ2) is 7.10. The molecule has 2 N–H and O–H groups in total. The molecule has 0 spiro atoms. The second-order valence-corrected chi connectivity index (χ2v) is 6.22. The molecule has 0 saturated carbocycles. The third-order valence-electron chi connectivity index (χ3n) is 4.48. The first-order valence-electron chi connectivity index (χ1n) is 8.54. The number of anilines is 2.